The lowest BCUT2D eigenvalue weighted by atomic mass is 9.90. The number of nitrogens with two attached hydrogens (primary N) is 1. The van der Waals surface area contributed by atoms with Gasteiger partial charge in [-0.2, -0.15) is 0 Å². The molecule has 0 saturated carbocycles. The number of carboxylic acids is 1. The van der Waals surface area contributed by atoms with Crippen molar-refractivity contribution in [1.82, 2.24) is 15.6 Å². The number of benzene rings is 3. The van der Waals surface area contributed by atoms with Gasteiger partial charge < -0.3 is 36.4 Å². The summed E-state index contributed by atoms with van der Waals surface area (Å²) in [5.41, 5.74) is 6.71. The standard InChI is InChI=1S/C38H51N3O8.C6H6N2O/c1-5-6-18-33(35(44)40-31(22-25(2)3)34(43)23-29(20-21-42)37(46)47)41(32-19-12-16-28-15-10-11-17-30(28)32)36(45)26(4)39-38(48)49-24-27-13-8-7-9-14-27;7-6(9)5-1-3-8-4-2-5/h7-17,19,25-26,29,31,33-34,42-43H,5-6,18,20-24H2,1-4H3,(H,39,48)(H,40,44)(H,46,47);1-4H,(H2,7,9)/t26-,29?,31-,33-,34-;/m0./s1. The first-order valence-electron chi connectivity index (χ1n) is 19.6. The van der Waals surface area contributed by atoms with Crippen LogP contribution < -0.4 is 21.3 Å². The summed E-state index contributed by atoms with van der Waals surface area (Å²) >= 11 is 0. The molecular formula is C44H57N5O9. The Bertz CT molecular complexity index is 1910. The van der Waals surface area contributed by atoms with Gasteiger partial charge in [0.1, 0.15) is 18.7 Å². The molecule has 1 aromatic heterocycles. The molecule has 14 heteroatoms. The molecule has 0 saturated heterocycles. The summed E-state index contributed by atoms with van der Waals surface area (Å²) in [6.45, 7) is 7.04. The Morgan fingerprint density at radius 1 is 0.845 bits per heavy atom. The van der Waals surface area contributed by atoms with Crippen molar-refractivity contribution in [2.75, 3.05) is 11.5 Å². The molecule has 0 aliphatic rings. The van der Waals surface area contributed by atoms with Gasteiger partial charge >= 0.3 is 12.1 Å². The van der Waals surface area contributed by atoms with Crippen LogP contribution in [0.25, 0.3) is 10.8 Å². The number of rotatable bonds is 20. The minimum atomic E-state index is -1.22. The fourth-order valence-corrected chi connectivity index (χ4v) is 6.41. The second-order valence-corrected chi connectivity index (χ2v) is 14.5. The minimum Gasteiger partial charge on any atom is -0.481 e. The quantitative estimate of drug-likeness (QED) is 0.0650. The van der Waals surface area contributed by atoms with Crippen LogP contribution in [0.4, 0.5) is 10.5 Å². The van der Waals surface area contributed by atoms with E-state index in [9.17, 15) is 39.3 Å². The highest BCUT2D eigenvalue weighted by molar-refractivity contribution is 6.09. The smallest absolute Gasteiger partial charge is 0.408 e. The third-order valence-electron chi connectivity index (χ3n) is 9.46. The molecule has 0 spiro atoms. The third-order valence-corrected chi connectivity index (χ3v) is 9.46. The van der Waals surface area contributed by atoms with Crippen LogP contribution in [0.3, 0.4) is 0 Å². The van der Waals surface area contributed by atoms with Crippen LogP contribution in [-0.4, -0.2) is 80.9 Å². The number of hydrogen-bond acceptors (Lipinski definition) is 9. The lowest BCUT2D eigenvalue weighted by Gasteiger charge is -2.36. The zero-order valence-corrected chi connectivity index (χ0v) is 33.6. The van der Waals surface area contributed by atoms with Crippen LogP contribution >= 0.6 is 0 Å². The van der Waals surface area contributed by atoms with E-state index in [1.54, 1.807) is 24.3 Å². The number of ether oxygens (including phenoxy) is 1. The molecule has 4 rings (SSSR count). The van der Waals surface area contributed by atoms with Crippen LogP contribution in [0.15, 0.2) is 97.3 Å². The van der Waals surface area contributed by atoms with Crippen molar-refractivity contribution < 1.29 is 44.0 Å². The lowest BCUT2D eigenvalue weighted by molar-refractivity contribution is -0.143. The Labute approximate surface area is 339 Å². The number of nitrogens with one attached hydrogen (secondary N) is 2. The molecule has 0 aliphatic heterocycles. The molecule has 3 aromatic carbocycles. The van der Waals surface area contributed by atoms with Gasteiger partial charge in [0.15, 0.2) is 0 Å². The summed E-state index contributed by atoms with van der Waals surface area (Å²) in [5, 5.41) is 37.4. The molecule has 4 aromatic rings. The average molecular weight is 800 g/mol. The second kappa shape index (κ2) is 24.0. The Morgan fingerprint density at radius 3 is 2.10 bits per heavy atom. The molecule has 7 N–H and O–H groups in total. The van der Waals surface area contributed by atoms with Crippen molar-refractivity contribution in [2.45, 2.75) is 97.1 Å². The van der Waals surface area contributed by atoms with E-state index >= 15 is 0 Å². The van der Waals surface area contributed by atoms with Crippen molar-refractivity contribution in [2.24, 2.45) is 17.6 Å². The number of alkyl carbamates (subject to hydrolysis) is 1. The molecule has 1 unspecified atom stereocenters. The molecule has 312 valence electrons. The maximum atomic E-state index is 14.4. The Hall–Kier alpha value is -5.86. The maximum absolute atomic E-state index is 14.4. The van der Waals surface area contributed by atoms with E-state index in [0.717, 1.165) is 22.8 Å². The highest BCUT2D eigenvalue weighted by Crippen LogP contribution is 2.31. The van der Waals surface area contributed by atoms with Crippen LogP contribution in [-0.2, 0) is 25.7 Å². The van der Waals surface area contributed by atoms with E-state index < -0.39 is 59.9 Å². The summed E-state index contributed by atoms with van der Waals surface area (Å²) < 4.78 is 5.37. The predicted molar refractivity (Wildman–Crippen MR) is 222 cm³/mol. The van der Waals surface area contributed by atoms with E-state index in [4.69, 9.17) is 10.5 Å². The number of pyridine rings is 1. The number of carbonyl (C=O) groups excluding carboxylic acids is 4. The third kappa shape index (κ3) is 14.6. The van der Waals surface area contributed by atoms with Crippen molar-refractivity contribution in [3.8, 4) is 0 Å². The molecule has 1 heterocycles. The molecule has 58 heavy (non-hydrogen) atoms. The number of aromatic nitrogens is 1. The number of fused-ring (bicyclic) bond motifs is 1. The molecule has 14 nitrogen and oxygen atoms in total. The number of carbonyl (C=O) groups is 5. The SMILES string of the molecule is CCCC[C@@H](C(=O)N[C@@H](CC(C)C)[C@@H](O)CC(CCO)C(=O)O)N(C(=O)[C@H](C)NC(=O)OCc1ccccc1)c1cccc2ccccc12.NC(=O)c1ccncc1. The van der Waals surface area contributed by atoms with Gasteiger partial charge in [0.25, 0.3) is 0 Å². The van der Waals surface area contributed by atoms with Crippen molar-refractivity contribution in [1.29, 1.82) is 0 Å². The van der Waals surface area contributed by atoms with Crippen molar-refractivity contribution in [3.05, 3.63) is 108 Å². The molecule has 0 fully saturated rings. The predicted octanol–water partition coefficient (Wildman–Crippen LogP) is 5.59. The summed E-state index contributed by atoms with van der Waals surface area (Å²) in [6.07, 6.45) is 2.84. The van der Waals surface area contributed by atoms with Gasteiger partial charge in [0, 0.05) is 30.0 Å². The summed E-state index contributed by atoms with van der Waals surface area (Å²) in [4.78, 5) is 69.0. The Kier molecular flexibility index (Phi) is 19.3. The number of hydrogen-bond donors (Lipinski definition) is 6. The van der Waals surface area contributed by atoms with Gasteiger partial charge in [-0.3, -0.25) is 29.1 Å². The molecule has 0 aliphatic carbocycles. The van der Waals surface area contributed by atoms with Gasteiger partial charge in [-0.25, -0.2) is 4.79 Å². The number of aliphatic hydroxyl groups excluding tert-OH is 2. The van der Waals surface area contributed by atoms with E-state index in [1.807, 2.05) is 81.4 Å². The molecule has 0 radical (unpaired) electrons. The van der Waals surface area contributed by atoms with E-state index in [1.165, 1.54) is 24.2 Å². The summed E-state index contributed by atoms with van der Waals surface area (Å²) in [6, 6.07) is 22.3. The number of amides is 4. The Morgan fingerprint density at radius 2 is 1.50 bits per heavy atom. The first-order chi connectivity index (χ1) is 27.8. The fraction of sp³-hybridized carbons (Fsp3) is 0.409. The molecule has 5 atom stereocenters. The largest absolute Gasteiger partial charge is 0.481 e. The fourth-order valence-electron chi connectivity index (χ4n) is 6.41. The maximum Gasteiger partial charge on any atom is 0.408 e. The second-order valence-electron chi connectivity index (χ2n) is 14.5. The molecule has 0 bridgehead atoms. The first kappa shape index (κ1) is 46.5. The van der Waals surface area contributed by atoms with E-state index in [2.05, 4.69) is 15.6 Å². The van der Waals surface area contributed by atoms with Crippen LogP contribution in [0, 0.1) is 11.8 Å². The van der Waals surface area contributed by atoms with Crippen LogP contribution in [0.2, 0.25) is 0 Å². The number of nitrogens with zero attached hydrogens (tertiary/aromatic N) is 2. The highest BCUT2D eigenvalue weighted by Gasteiger charge is 2.37. The number of unbranched alkanes of at least 4 members (excludes halogenated alkanes) is 1. The zero-order chi connectivity index (χ0) is 42.6. The number of primary amides is 1. The first-order valence-corrected chi connectivity index (χ1v) is 19.6. The normalized spacial score (nSPS) is 13.5. The summed E-state index contributed by atoms with van der Waals surface area (Å²) in [7, 11) is 0. The van der Waals surface area contributed by atoms with E-state index in [-0.39, 0.29) is 38.4 Å². The zero-order valence-electron chi connectivity index (χ0n) is 33.6. The van der Waals surface area contributed by atoms with Crippen LogP contribution in [0.1, 0.15) is 82.1 Å². The molecule has 4 amide bonds. The lowest BCUT2D eigenvalue weighted by Crippen LogP contribution is -2.58. The molecular weight excluding hydrogens is 743 g/mol. The van der Waals surface area contributed by atoms with Gasteiger partial charge in [-0.15, -0.1) is 0 Å². The number of carboxylic acid groups (broad SMARTS) is 1. The number of aliphatic carboxylic acids is 1. The van der Waals surface area contributed by atoms with E-state index in [0.29, 0.717) is 24.1 Å². The van der Waals surface area contributed by atoms with Gasteiger partial charge in [-0.1, -0.05) is 100 Å². The minimum absolute atomic E-state index is 0.0166. The number of anilines is 1. The topological polar surface area (TPSA) is 221 Å². The average Bonchev–Trinajstić information content (AvgIpc) is 3.21. The van der Waals surface area contributed by atoms with Gasteiger partial charge in [0.05, 0.1) is 23.8 Å². The van der Waals surface area contributed by atoms with Crippen molar-refractivity contribution >= 4 is 46.2 Å². The van der Waals surface area contributed by atoms with Gasteiger partial charge in [0.2, 0.25) is 17.7 Å². The Balaban J connectivity index is 0.000000878. The van der Waals surface area contributed by atoms with Gasteiger partial charge in [-0.05, 0) is 67.7 Å². The van der Waals surface area contributed by atoms with Crippen LogP contribution in [0.5, 0.6) is 0 Å². The number of aliphatic hydroxyl groups is 2. The monoisotopic (exact) mass is 799 g/mol. The van der Waals surface area contributed by atoms with Crippen molar-refractivity contribution in [3.63, 3.8) is 0 Å². The summed E-state index contributed by atoms with van der Waals surface area (Å²) in [5.74, 6) is -3.55. The highest BCUT2D eigenvalue weighted by atomic mass is 16.5.